The molecule has 1 N–H and O–H groups in total. The van der Waals surface area contributed by atoms with Crippen molar-refractivity contribution in [3.63, 3.8) is 0 Å². The van der Waals surface area contributed by atoms with Crippen molar-refractivity contribution in [2.45, 2.75) is 36.5 Å². The summed E-state index contributed by atoms with van der Waals surface area (Å²) in [6.45, 7) is 0. The number of rotatable bonds is 4. The van der Waals surface area contributed by atoms with Gasteiger partial charge in [-0.2, -0.15) is 26.0 Å². The summed E-state index contributed by atoms with van der Waals surface area (Å²) in [5.74, 6) is -10.8. The predicted molar refractivity (Wildman–Crippen MR) is 86.5 cm³/mol. The van der Waals surface area contributed by atoms with E-state index in [0.29, 0.717) is 11.3 Å². The molecular weight excluding hydrogens is 406 g/mol. The molecule has 2 bridgehead atoms. The van der Waals surface area contributed by atoms with Crippen LogP contribution in [0.5, 0.6) is 0 Å². The monoisotopic (exact) mass is 421 g/mol. The zero-order chi connectivity index (χ0) is 20.6. The molecule has 6 nitrogen and oxygen atoms in total. The summed E-state index contributed by atoms with van der Waals surface area (Å²) in [6, 6.07) is 4.05. The molecular formula is C17H15F4NO5S. The summed E-state index contributed by atoms with van der Waals surface area (Å²) < 4.78 is 88.3. The highest BCUT2D eigenvalue weighted by Crippen LogP contribution is 2.60. The van der Waals surface area contributed by atoms with Crippen molar-refractivity contribution in [3.8, 4) is 0 Å². The summed E-state index contributed by atoms with van der Waals surface area (Å²) >= 11 is 0. The summed E-state index contributed by atoms with van der Waals surface area (Å²) in [6.07, 6.45) is 0.568. The Labute approximate surface area is 157 Å². The molecule has 4 atom stereocenters. The van der Waals surface area contributed by atoms with Gasteiger partial charge in [-0.15, -0.1) is 0 Å². The van der Waals surface area contributed by atoms with Crippen molar-refractivity contribution in [3.05, 3.63) is 35.4 Å². The molecule has 1 aromatic rings. The highest BCUT2D eigenvalue weighted by atomic mass is 32.2. The molecule has 3 aliphatic rings. The fraction of sp³-hybridized carbons (Fsp3) is 0.529. The number of hydrogen-bond donors (Lipinski definition) is 1. The Hall–Kier alpha value is -2.01. The molecule has 2 aliphatic carbocycles. The normalized spacial score (nSPS) is 30.2. The zero-order valence-electron chi connectivity index (χ0n) is 14.2. The fourth-order valence-electron chi connectivity index (χ4n) is 4.99. The highest BCUT2D eigenvalue weighted by Gasteiger charge is 2.75. The van der Waals surface area contributed by atoms with E-state index in [2.05, 4.69) is 0 Å². The summed E-state index contributed by atoms with van der Waals surface area (Å²) in [5.41, 5.74) is -0.0299. The van der Waals surface area contributed by atoms with E-state index >= 15 is 0 Å². The second kappa shape index (κ2) is 5.76. The minimum absolute atomic E-state index is 0.0149. The first-order chi connectivity index (χ1) is 12.9. The van der Waals surface area contributed by atoms with Gasteiger partial charge in [0.2, 0.25) is 0 Å². The van der Waals surface area contributed by atoms with Crippen molar-refractivity contribution >= 4 is 21.9 Å². The van der Waals surface area contributed by atoms with E-state index in [0.717, 1.165) is 0 Å². The first-order valence-electron chi connectivity index (χ1n) is 8.59. The molecule has 28 heavy (non-hydrogen) atoms. The minimum atomic E-state index is -6.41. The second-order valence-electron chi connectivity index (χ2n) is 7.49. The third kappa shape index (κ3) is 2.32. The average Bonchev–Trinajstić information content (AvgIpc) is 3.27. The van der Waals surface area contributed by atoms with Crippen LogP contribution in [0.25, 0.3) is 0 Å². The molecule has 0 radical (unpaired) electrons. The third-order valence-corrected chi connectivity index (χ3v) is 7.05. The molecule has 1 heterocycles. The van der Waals surface area contributed by atoms with E-state index in [9.17, 15) is 35.6 Å². The van der Waals surface area contributed by atoms with Gasteiger partial charge in [0.05, 0.1) is 23.1 Å². The Morgan fingerprint density at radius 2 is 1.46 bits per heavy atom. The number of alkyl halides is 4. The van der Waals surface area contributed by atoms with Gasteiger partial charge in [-0.3, -0.25) is 19.0 Å². The van der Waals surface area contributed by atoms with Gasteiger partial charge in [0.1, 0.15) is 0 Å². The van der Waals surface area contributed by atoms with Gasteiger partial charge in [0.25, 0.3) is 11.8 Å². The largest absolute Gasteiger partial charge is 0.431 e. The van der Waals surface area contributed by atoms with E-state index in [4.69, 9.17) is 4.55 Å². The van der Waals surface area contributed by atoms with Crippen molar-refractivity contribution in [2.24, 2.45) is 17.8 Å². The zero-order valence-corrected chi connectivity index (χ0v) is 15.0. The van der Waals surface area contributed by atoms with Crippen LogP contribution in [-0.4, -0.2) is 46.9 Å². The summed E-state index contributed by atoms with van der Waals surface area (Å²) in [4.78, 5) is 26.0. The van der Waals surface area contributed by atoms with Crippen LogP contribution >= 0.6 is 0 Å². The molecule has 0 spiro atoms. The van der Waals surface area contributed by atoms with E-state index < -0.39 is 56.9 Å². The number of amides is 2. The van der Waals surface area contributed by atoms with Crippen LogP contribution in [0, 0.1) is 17.8 Å². The van der Waals surface area contributed by atoms with Gasteiger partial charge in [0, 0.05) is 0 Å². The Morgan fingerprint density at radius 3 is 1.96 bits per heavy atom. The smallest absolute Gasteiger partial charge is 0.281 e. The number of imide groups is 1. The summed E-state index contributed by atoms with van der Waals surface area (Å²) in [7, 11) is -6.41. The molecule has 1 aliphatic heterocycles. The lowest BCUT2D eigenvalue weighted by Crippen LogP contribution is -2.60. The lowest BCUT2D eigenvalue weighted by Gasteiger charge is -2.41. The topological polar surface area (TPSA) is 91.8 Å². The quantitative estimate of drug-likeness (QED) is 0.459. The third-order valence-electron chi connectivity index (χ3n) is 6.13. The van der Waals surface area contributed by atoms with Gasteiger partial charge in [-0.1, -0.05) is 12.1 Å². The van der Waals surface area contributed by atoms with Crippen molar-refractivity contribution < 1.29 is 40.1 Å². The lowest BCUT2D eigenvalue weighted by atomic mass is 9.79. The van der Waals surface area contributed by atoms with Crippen LogP contribution in [0.3, 0.4) is 0 Å². The average molecular weight is 421 g/mol. The first-order valence-corrected chi connectivity index (χ1v) is 10.0. The molecule has 2 amide bonds. The van der Waals surface area contributed by atoms with Crippen LogP contribution in [-0.2, 0) is 10.1 Å². The van der Waals surface area contributed by atoms with Crippen LogP contribution in [0.1, 0.15) is 40.0 Å². The fourth-order valence-corrected chi connectivity index (χ4v) is 5.47. The number of halogens is 4. The van der Waals surface area contributed by atoms with Gasteiger partial charge in [-0.05, 0) is 43.2 Å². The Morgan fingerprint density at radius 1 is 0.964 bits per heavy atom. The maximum Gasteiger partial charge on any atom is 0.431 e. The number of carbonyl (C=O) groups is 2. The van der Waals surface area contributed by atoms with Crippen LogP contribution in [0.15, 0.2) is 24.3 Å². The standard InChI is InChI=1S/C17H15F4NO5S/c18-16(19,17(20,21)28(25,26)27)12-8-5-6-9(7-8)13(12)22-14(23)10-3-1-2-4-11(10)15(22)24/h1-4,8-9,12-13H,5-7H2,(H,25,26,27). The Bertz CT molecular complexity index is 945. The van der Waals surface area contributed by atoms with Crippen LogP contribution in [0.2, 0.25) is 0 Å². The van der Waals surface area contributed by atoms with E-state index in [1.54, 1.807) is 0 Å². The number of carbonyl (C=O) groups excluding carboxylic acids is 2. The van der Waals surface area contributed by atoms with E-state index in [1.807, 2.05) is 0 Å². The van der Waals surface area contributed by atoms with Crippen LogP contribution in [0.4, 0.5) is 17.6 Å². The van der Waals surface area contributed by atoms with Crippen molar-refractivity contribution in [1.82, 2.24) is 4.90 Å². The maximum absolute atomic E-state index is 14.8. The van der Waals surface area contributed by atoms with E-state index in [-0.39, 0.29) is 24.0 Å². The molecule has 2 saturated carbocycles. The van der Waals surface area contributed by atoms with Gasteiger partial charge >= 0.3 is 21.3 Å². The number of hydrogen-bond acceptors (Lipinski definition) is 4. The lowest BCUT2D eigenvalue weighted by molar-refractivity contribution is -0.211. The predicted octanol–water partition coefficient (Wildman–Crippen LogP) is 2.81. The molecule has 152 valence electrons. The molecule has 11 heteroatoms. The van der Waals surface area contributed by atoms with Crippen molar-refractivity contribution in [2.75, 3.05) is 0 Å². The number of fused-ring (bicyclic) bond motifs is 3. The van der Waals surface area contributed by atoms with Crippen molar-refractivity contribution in [1.29, 1.82) is 0 Å². The highest BCUT2D eigenvalue weighted by molar-refractivity contribution is 7.87. The summed E-state index contributed by atoms with van der Waals surface area (Å²) in [5, 5.41) is -5.74. The van der Waals surface area contributed by atoms with Gasteiger partial charge < -0.3 is 0 Å². The Kier molecular flexibility index (Phi) is 3.97. The molecule has 1 aromatic carbocycles. The molecule has 4 rings (SSSR count). The maximum atomic E-state index is 14.8. The molecule has 4 unspecified atom stereocenters. The van der Waals surface area contributed by atoms with Crippen LogP contribution < -0.4 is 0 Å². The van der Waals surface area contributed by atoms with E-state index in [1.165, 1.54) is 24.3 Å². The first kappa shape index (κ1) is 19.3. The molecule has 2 fully saturated rings. The SMILES string of the molecule is O=C1c2ccccc2C(=O)N1C1C2CCC(C2)C1C(F)(F)C(F)(F)S(=O)(=O)O. The number of nitrogens with zero attached hydrogens (tertiary/aromatic N) is 1. The number of benzene rings is 1. The van der Waals surface area contributed by atoms with Gasteiger partial charge in [-0.25, -0.2) is 0 Å². The Balaban J connectivity index is 1.80. The molecule has 0 saturated heterocycles. The minimum Gasteiger partial charge on any atom is -0.281 e. The second-order valence-corrected chi connectivity index (χ2v) is 8.95. The molecule has 0 aromatic heterocycles. The van der Waals surface area contributed by atoms with Gasteiger partial charge in [0.15, 0.2) is 0 Å².